The molecule has 0 aliphatic carbocycles. The van der Waals surface area contributed by atoms with E-state index in [0.29, 0.717) is 32.2 Å². The van der Waals surface area contributed by atoms with Crippen molar-refractivity contribution in [1.82, 2.24) is 5.32 Å². The lowest BCUT2D eigenvalue weighted by atomic mass is 10.0. The molecule has 0 aromatic heterocycles. The van der Waals surface area contributed by atoms with Crippen molar-refractivity contribution >= 4 is 17.8 Å². The van der Waals surface area contributed by atoms with E-state index < -0.39 is 12.0 Å². The zero-order chi connectivity index (χ0) is 38.9. The number of aliphatic carboxylic acids is 1. The van der Waals surface area contributed by atoms with Crippen molar-refractivity contribution in [2.75, 3.05) is 6.54 Å². The standard InChI is InChI=1S/C46H84N2O5/c1-3-5-7-9-11-12-13-14-15-16-17-18-19-20-21-22-23-24-25-30-34-40-45(50)53-42(36-31-27-10-8-6-4-2)37-32-28-26-29-33-39-44(49)48-43(46(51)52)38-35-41-47/h13-14,16-17,19-20,42-43H,3-12,15,18,21-41,47H2,1-2H3,(H,48,49)(H,51,52)/b14-13-,17-16-,20-19-. The van der Waals surface area contributed by atoms with Gasteiger partial charge in [0.05, 0.1) is 0 Å². The van der Waals surface area contributed by atoms with Crippen molar-refractivity contribution in [2.24, 2.45) is 5.73 Å². The lowest BCUT2D eigenvalue weighted by molar-refractivity contribution is -0.150. The highest BCUT2D eigenvalue weighted by molar-refractivity contribution is 5.83. The number of nitrogens with one attached hydrogen (secondary N) is 1. The Balaban J connectivity index is 4.08. The third-order valence-electron chi connectivity index (χ3n) is 9.96. The summed E-state index contributed by atoms with van der Waals surface area (Å²) in [7, 11) is 0. The highest BCUT2D eigenvalue weighted by Crippen LogP contribution is 2.18. The van der Waals surface area contributed by atoms with Crippen LogP contribution in [-0.2, 0) is 19.1 Å². The van der Waals surface area contributed by atoms with Crippen LogP contribution < -0.4 is 11.1 Å². The summed E-state index contributed by atoms with van der Waals surface area (Å²) in [4.78, 5) is 36.2. The number of unbranched alkanes of at least 4 members (excludes halogenated alkanes) is 20. The zero-order valence-corrected chi connectivity index (χ0v) is 34.6. The molecule has 4 N–H and O–H groups in total. The predicted octanol–water partition coefficient (Wildman–Crippen LogP) is 12.6. The monoisotopic (exact) mass is 745 g/mol. The summed E-state index contributed by atoms with van der Waals surface area (Å²) in [5, 5.41) is 11.9. The van der Waals surface area contributed by atoms with Crippen LogP contribution in [0.5, 0.6) is 0 Å². The van der Waals surface area contributed by atoms with E-state index in [0.717, 1.165) is 83.5 Å². The zero-order valence-electron chi connectivity index (χ0n) is 34.6. The molecule has 0 heterocycles. The van der Waals surface area contributed by atoms with Gasteiger partial charge in [0.2, 0.25) is 5.91 Å². The Morgan fingerprint density at radius 3 is 1.47 bits per heavy atom. The largest absolute Gasteiger partial charge is 0.480 e. The first-order valence-corrected chi connectivity index (χ1v) is 22.3. The van der Waals surface area contributed by atoms with Crippen molar-refractivity contribution < 1.29 is 24.2 Å². The Labute approximate surface area is 326 Å². The molecule has 0 fully saturated rings. The van der Waals surface area contributed by atoms with Gasteiger partial charge in [0.1, 0.15) is 12.1 Å². The second-order valence-corrected chi connectivity index (χ2v) is 15.1. The Morgan fingerprint density at radius 1 is 0.547 bits per heavy atom. The molecule has 308 valence electrons. The summed E-state index contributed by atoms with van der Waals surface area (Å²) in [5.41, 5.74) is 5.48. The van der Waals surface area contributed by atoms with Gasteiger partial charge in [-0.3, -0.25) is 9.59 Å². The molecule has 0 rings (SSSR count). The highest BCUT2D eigenvalue weighted by Gasteiger charge is 2.19. The fraction of sp³-hybridized carbons (Fsp3) is 0.804. The Morgan fingerprint density at radius 2 is 0.981 bits per heavy atom. The number of ether oxygens (including phenoxy) is 1. The van der Waals surface area contributed by atoms with E-state index in [1.165, 1.54) is 96.3 Å². The number of carbonyl (C=O) groups excluding carboxylic acids is 2. The summed E-state index contributed by atoms with van der Waals surface area (Å²) in [6.45, 7) is 4.91. The van der Waals surface area contributed by atoms with Crippen LogP contribution in [0.4, 0.5) is 0 Å². The van der Waals surface area contributed by atoms with Crippen molar-refractivity contribution in [2.45, 2.75) is 231 Å². The molecule has 7 heteroatoms. The number of hydrogen-bond acceptors (Lipinski definition) is 5. The normalized spacial score (nSPS) is 13.0. The van der Waals surface area contributed by atoms with E-state index in [1.54, 1.807) is 0 Å². The van der Waals surface area contributed by atoms with Gasteiger partial charge in [-0.2, -0.15) is 0 Å². The lowest BCUT2D eigenvalue weighted by Gasteiger charge is -2.18. The molecule has 7 nitrogen and oxygen atoms in total. The van der Waals surface area contributed by atoms with Crippen LogP contribution >= 0.6 is 0 Å². The number of rotatable bonds is 40. The summed E-state index contributed by atoms with van der Waals surface area (Å²) >= 11 is 0. The average Bonchev–Trinajstić information content (AvgIpc) is 3.14. The summed E-state index contributed by atoms with van der Waals surface area (Å²) < 4.78 is 6.00. The minimum absolute atomic E-state index is 0.0104. The number of esters is 1. The molecule has 0 spiro atoms. The van der Waals surface area contributed by atoms with Crippen LogP contribution in [0, 0.1) is 0 Å². The molecule has 2 atom stereocenters. The van der Waals surface area contributed by atoms with Crippen LogP contribution in [0.15, 0.2) is 36.5 Å². The third kappa shape index (κ3) is 37.7. The average molecular weight is 745 g/mol. The maximum atomic E-state index is 12.7. The van der Waals surface area contributed by atoms with E-state index in [4.69, 9.17) is 10.5 Å². The van der Waals surface area contributed by atoms with Gasteiger partial charge in [-0.25, -0.2) is 4.79 Å². The topological polar surface area (TPSA) is 119 Å². The number of allylic oxidation sites excluding steroid dienone is 6. The number of amides is 1. The molecule has 0 aromatic rings. The second-order valence-electron chi connectivity index (χ2n) is 15.1. The van der Waals surface area contributed by atoms with Gasteiger partial charge in [0.25, 0.3) is 0 Å². The second kappa shape index (κ2) is 40.8. The summed E-state index contributed by atoms with van der Waals surface area (Å²) in [6, 6.07) is -0.856. The summed E-state index contributed by atoms with van der Waals surface area (Å²) in [6.07, 6.45) is 47.7. The van der Waals surface area contributed by atoms with Crippen molar-refractivity contribution in [3.8, 4) is 0 Å². The third-order valence-corrected chi connectivity index (χ3v) is 9.96. The van der Waals surface area contributed by atoms with Crippen LogP contribution in [0.2, 0.25) is 0 Å². The number of nitrogens with two attached hydrogens (primary N) is 1. The molecule has 0 radical (unpaired) electrons. The molecular formula is C46H84N2O5. The lowest BCUT2D eigenvalue weighted by Crippen LogP contribution is -2.40. The number of carboxylic acids is 1. The van der Waals surface area contributed by atoms with E-state index in [2.05, 4.69) is 55.6 Å². The molecule has 0 aromatic carbocycles. The Kier molecular flexibility index (Phi) is 38.9. The molecule has 0 aliphatic heterocycles. The smallest absolute Gasteiger partial charge is 0.326 e. The minimum Gasteiger partial charge on any atom is -0.480 e. The van der Waals surface area contributed by atoms with Gasteiger partial charge in [-0.15, -0.1) is 0 Å². The Hall–Kier alpha value is -2.41. The van der Waals surface area contributed by atoms with Gasteiger partial charge in [0, 0.05) is 12.8 Å². The maximum absolute atomic E-state index is 12.7. The van der Waals surface area contributed by atoms with Crippen molar-refractivity contribution in [1.29, 1.82) is 0 Å². The molecule has 2 unspecified atom stereocenters. The molecule has 0 aliphatic rings. The fourth-order valence-electron chi connectivity index (χ4n) is 6.58. The van der Waals surface area contributed by atoms with E-state index in [1.807, 2.05) is 0 Å². The maximum Gasteiger partial charge on any atom is 0.326 e. The number of carbonyl (C=O) groups is 3. The first-order valence-electron chi connectivity index (χ1n) is 22.3. The van der Waals surface area contributed by atoms with E-state index >= 15 is 0 Å². The number of carboxylic acid groups (broad SMARTS) is 1. The van der Waals surface area contributed by atoms with Crippen LogP contribution in [0.1, 0.15) is 219 Å². The first-order chi connectivity index (χ1) is 25.9. The molecule has 0 saturated carbocycles. The molecule has 0 bridgehead atoms. The van der Waals surface area contributed by atoms with Gasteiger partial charge in [-0.05, 0) is 96.4 Å². The predicted molar refractivity (Wildman–Crippen MR) is 225 cm³/mol. The van der Waals surface area contributed by atoms with Gasteiger partial charge < -0.3 is 20.9 Å². The van der Waals surface area contributed by atoms with Gasteiger partial charge >= 0.3 is 11.9 Å². The molecule has 53 heavy (non-hydrogen) atoms. The number of hydrogen-bond donors (Lipinski definition) is 3. The fourth-order valence-corrected chi connectivity index (χ4v) is 6.58. The quantitative estimate of drug-likeness (QED) is 0.0326. The van der Waals surface area contributed by atoms with E-state index in [-0.39, 0.29) is 18.0 Å². The summed E-state index contributed by atoms with van der Waals surface area (Å²) in [5.74, 6) is -1.25. The minimum atomic E-state index is -1.01. The first kappa shape index (κ1) is 50.6. The van der Waals surface area contributed by atoms with Gasteiger partial charge in [0.15, 0.2) is 0 Å². The van der Waals surface area contributed by atoms with Crippen LogP contribution in [0.3, 0.4) is 0 Å². The van der Waals surface area contributed by atoms with Gasteiger partial charge in [-0.1, -0.05) is 153 Å². The molecule has 1 amide bonds. The van der Waals surface area contributed by atoms with Crippen LogP contribution in [-0.4, -0.2) is 41.6 Å². The molecular weight excluding hydrogens is 661 g/mol. The van der Waals surface area contributed by atoms with Crippen molar-refractivity contribution in [3.63, 3.8) is 0 Å². The van der Waals surface area contributed by atoms with E-state index in [9.17, 15) is 19.5 Å². The van der Waals surface area contributed by atoms with Crippen molar-refractivity contribution in [3.05, 3.63) is 36.5 Å². The molecule has 0 saturated heterocycles. The Bertz CT molecular complexity index is 931. The SMILES string of the molecule is CCCCCCC/C=C\C/C=C\C/C=C\CCCCCCCCC(=O)OC(CCCCCCCC)CCCCCCCC(=O)NC(CCCN)C(=O)O. The highest BCUT2D eigenvalue weighted by atomic mass is 16.5. The van der Waals surface area contributed by atoms with Crippen LogP contribution in [0.25, 0.3) is 0 Å².